The van der Waals surface area contributed by atoms with Gasteiger partial charge in [-0.25, -0.2) is 14.4 Å². The van der Waals surface area contributed by atoms with Crippen LogP contribution >= 0.6 is 22.9 Å². The first-order valence-electron chi connectivity index (χ1n) is 8.58. The summed E-state index contributed by atoms with van der Waals surface area (Å²) in [6, 6.07) is 6.04. The summed E-state index contributed by atoms with van der Waals surface area (Å²) < 4.78 is 10.3. The van der Waals surface area contributed by atoms with Gasteiger partial charge in [-0.1, -0.05) is 17.7 Å². The van der Waals surface area contributed by atoms with Gasteiger partial charge in [0.15, 0.2) is 0 Å². The molecule has 2 amide bonds. The highest BCUT2D eigenvalue weighted by atomic mass is 35.5. The fraction of sp³-hybridized carbons (Fsp3) is 0.316. The van der Waals surface area contributed by atoms with Crippen molar-refractivity contribution in [3.63, 3.8) is 0 Å². The Kier molecular flexibility index (Phi) is 7.42. The molecular formula is C19H21ClN2O5S. The van der Waals surface area contributed by atoms with Gasteiger partial charge in [0.25, 0.3) is 0 Å². The first-order valence-corrected chi connectivity index (χ1v) is 9.77. The molecule has 28 heavy (non-hydrogen) atoms. The molecule has 0 saturated carbocycles. The Morgan fingerprint density at radius 1 is 1.18 bits per heavy atom. The van der Waals surface area contributed by atoms with E-state index in [1.165, 1.54) is 0 Å². The van der Waals surface area contributed by atoms with Crippen LogP contribution in [0.25, 0.3) is 0 Å². The van der Waals surface area contributed by atoms with Gasteiger partial charge >= 0.3 is 18.0 Å². The summed E-state index contributed by atoms with van der Waals surface area (Å²) in [5.41, 5.74) is 1.01. The van der Waals surface area contributed by atoms with E-state index >= 15 is 0 Å². The molecule has 7 nitrogen and oxygen atoms in total. The van der Waals surface area contributed by atoms with Gasteiger partial charge in [0.2, 0.25) is 0 Å². The average molecular weight is 425 g/mol. The summed E-state index contributed by atoms with van der Waals surface area (Å²) >= 11 is 6.87. The zero-order valence-electron chi connectivity index (χ0n) is 15.9. The van der Waals surface area contributed by atoms with E-state index in [-0.39, 0.29) is 28.2 Å². The maximum Gasteiger partial charge on any atom is 0.348 e. The molecule has 0 unspecified atom stereocenters. The van der Waals surface area contributed by atoms with Crippen molar-refractivity contribution < 1.29 is 23.9 Å². The number of halogens is 1. The Labute approximate surface area is 172 Å². The molecule has 0 aliphatic rings. The summed E-state index contributed by atoms with van der Waals surface area (Å²) in [5.74, 6) is -1.19. The number of hydrogen-bond acceptors (Lipinski definition) is 6. The second-order valence-corrected chi connectivity index (χ2v) is 7.48. The Balaban J connectivity index is 2.31. The molecule has 1 aromatic carbocycles. The minimum atomic E-state index is -0.627. The first kappa shape index (κ1) is 21.7. The number of amides is 2. The van der Waals surface area contributed by atoms with Crippen molar-refractivity contribution in [1.82, 2.24) is 0 Å². The van der Waals surface area contributed by atoms with E-state index in [1.54, 1.807) is 52.0 Å². The van der Waals surface area contributed by atoms with Gasteiger partial charge in [-0.3, -0.25) is 5.32 Å². The van der Waals surface area contributed by atoms with Crippen LogP contribution in [0.15, 0.2) is 24.3 Å². The van der Waals surface area contributed by atoms with Gasteiger partial charge in [0.05, 0.1) is 18.3 Å². The molecule has 9 heteroatoms. The van der Waals surface area contributed by atoms with E-state index in [1.807, 2.05) is 0 Å². The number of benzene rings is 1. The van der Waals surface area contributed by atoms with Crippen LogP contribution in [0.1, 0.15) is 46.4 Å². The molecule has 150 valence electrons. The Morgan fingerprint density at radius 2 is 1.89 bits per heavy atom. The Hall–Kier alpha value is -2.58. The third kappa shape index (κ3) is 5.46. The van der Waals surface area contributed by atoms with Crippen LogP contribution in [0.2, 0.25) is 5.02 Å². The van der Waals surface area contributed by atoms with Crippen LogP contribution in [0.5, 0.6) is 0 Å². The van der Waals surface area contributed by atoms with E-state index in [0.29, 0.717) is 16.3 Å². The van der Waals surface area contributed by atoms with E-state index in [9.17, 15) is 14.4 Å². The third-order valence-electron chi connectivity index (χ3n) is 3.46. The topological polar surface area (TPSA) is 93.7 Å². The molecule has 0 atom stereocenters. The Bertz CT molecular complexity index is 894. The van der Waals surface area contributed by atoms with Crippen LogP contribution in [0.4, 0.5) is 15.5 Å². The number of rotatable bonds is 6. The molecule has 2 N–H and O–H groups in total. The molecule has 0 aliphatic carbocycles. The summed E-state index contributed by atoms with van der Waals surface area (Å²) in [6.45, 7) is 6.90. The number of urea groups is 1. The van der Waals surface area contributed by atoms with Crippen molar-refractivity contribution in [3.05, 3.63) is 45.3 Å². The number of carbonyl (C=O) groups is 3. The minimum absolute atomic E-state index is 0.129. The molecule has 1 heterocycles. The second kappa shape index (κ2) is 9.57. The zero-order chi connectivity index (χ0) is 20.8. The van der Waals surface area contributed by atoms with Gasteiger partial charge in [-0.05, 0) is 51.5 Å². The van der Waals surface area contributed by atoms with Gasteiger partial charge in [0, 0.05) is 10.7 Å². The number of esters is 2. The predicted molar refractivity (Wildman–Crippen MR) is 110 cm³/mol. The van der Waals surface area contributed by atoms with E-state index in [0.717, 1.165) is 11.3 Å². The van der Waals surface area contributed by atoms with E-state index < -0.39 is 18.0 Å². The number of anilines is 2. The van der Waals surface area contributed by atoms with Crippen LogP contribution in [0.3, 0.4) is 0 Å². The lowest BCUT2D eigenvalue weighted by Crippen LogP contribution is -2.20. The highest BCUT2D eigenvalue weighted by molar-refractivity contribution is 7.18. The van der Waals surface area contributed by atoms with Crippen molar-refractivity contribution in [2.75, 3.05) is 17.2 Å². The van der Waals surface area contributed by atoms with Crippen molar-refractivity contribution in [2.45, 2.75) is 33.8 Å². The van der Waals surface area contributed by atoms with Crippen LogP contribution in [0, 0.1) is 6.92 Å². The van der Waals surface area contributed by atoms with Gasteiger partial charge < -0.3 is 14.8 Å². The molecule has 0 spiro atoms. The standard InChI is InChI=1S/C19H21ClN2O5S/c1-5-26-17(23)14-11(4)15(18(24)27-10(2)3)28-16(14)22-19(25)21-13-8-6-7-12(20)9-13/h6-10H,5H2,1-4H3,(H2,21,22,25). The third-order valence-corrected chi connectivity index (χ3v) is 4.89. The smallest absolute Gasteiger partial charge is 0.348 e. The first-order chi connectivity index (χ1) is 13.2. The molecule has 0 bridgehead atoms. The number of nitrogens with one attached hydrogen (secondary N) is 2. The van der Waals surface area contributed by atoms with Crippen molar-refractivity contribution in [2.24, 2.45) is 0 Å². The molecule has 1 aromatic heterocycles. The molecule has 2 rings (SSSR count). The van der Waals surface area contributed by atoms with Crippen molar-refractivity contribution >= 4 is 51.6 Å². The average Bonchev–Trinajstić information content (AvgIpc) is 2.90. The van der Waals surface area contributed by atoms with Gasteiger partial charge in [-0.2, -0.15) is 0 Å². The quantitative estimate of drug-likeness (QED) is 0.629. The lowest BCUT2D eigenvalue weighted by Gasteiger charge is -2.09. The largest absolute Gasteiger partial charge is 0.462 e. The second-order valence-electron chi connectivity index (χ2n) is 6.02. The Morgan fingerprint density at radius 3 is 2.50 bits per heavy atom. The van der Waals surface area contributed by atoms with Crippen LogP contribution in [-0.4, -0.2) is 30.7 Å². The van der Waals surface area contributed by atoms with Crippen molar-refractivity contribution in [3.8, 4) is 0 Å². The molecule has 0 aliphatic heterocycles. The number of hydrogen-bond donors (Lipinski definition) is 2. The molecule has 0 fully saturated rings. The summed E-state index contributed by atoms with van der Waals surface area (Å²) in [7, 11) is 0. The molecular weight excluding hydrogens is 404 g/mol. The van der Waals surface area contributed by atoms with Gasteiger partial charge in [-0.15, -0.1) is 11.3 Å². The van der Waals surface area contributed by atoms with Crippen LogP contribution in [-0.2, 0) is 9.47 Å². The fourth-order valence-corrected chi connectivity index (χ4v) is 3.61. The molecule has 2 aromatic rings. The number of thiophene rings is 1. The molecule has 0 saturated heterocycles. The lowest BCUT2D eigenvalue weighted by atomic mass is 10.1. The maximum atomic E-state index is 12.4. The predicted octanol–water partition coefficient (Wildman–Crippen LogP) is 5.10. The fourth-order valence-electron chi connectivity index (χ4n) is 2.34. The van der Waals surface area contributed by atoms with Gasteiger partial charge in [0.1, 0.15) is 9.88 Å². The van der Waals surface area contributed by atoms with E-state index in [2.05, 4.69) is 10.6 Å². The maximum absolute atomic E-state index is 12.4. The lowest BCUT2D eigenvalue weighted by molar-refractivity contribution is 0.0383. The zero-order valence-corrected chi connectivity index (χ0v) is 17.5. The van der Waals surface area contributed by atoms with Crippen molar-refractivity contribution in [1.29, 1.82) is 0 Å². The SMILES string of the molecule is CCOC(=O)c1c(NC(=O)Nc2cccc(Cl)c2)sc(C(=O)OC(C)C)c1C. The van der Waals surface area contributed by atoms with Crippen LogP contribution < -0.4 is 10.6 Å². The normalized spacial score (nSPS) is 10.5. The number of carbonyl (C=O) groups excluding carboxylic acids is 3. The highest BCUT2D eigenvalue weighted by Gasteiger charge is 2.27. The summed E-state index contributed by atoms with van der Waals surface area (Å²) in [4.78, 5) is 37.3. The van der Waals surface area contributed by atoms with E-state index in [4.69, 9.17) is 21.1 Å². The number of ether oxygens (including phenoxy) is 2. The minimum Gasteiger partial charge on any atom is -0.462 e. The monoisotopic (exact) mass is 424 g/mol. The highest BCUT2D eigenvalue weighted by Crippen LogP contribution is 2.34. The summed E-state index contributed by atoms with van der Waals surface area (Å²) in [5, 5.41) is 5.90. The summed E-state index contributed by atoms with van der Waals surface area (Å²) in [6.07, 6.45) is -0.317. The molecule has 0 radical (unpaired) electrons.